The van der Waals surface area contributed by atoms with Crippen LogP contribution in [0.15, 0.2) is 12.4 Å². The first-order chi connectivity index (χ1) is 11.7. The van der Waals surface area contributed by atoms with Gasteiger partial charge in [-0.15, -0.1) is 0 Å². The fraction of sp³-hybridized carbons (Fsp3) is 0.765. The van der Waals surface area contributed by atoms with E-state index in [-0.39, 0.29) is 12.1 Å². The number of imidazole rings is 1. The fourth-order valence-electron chi connectivity index (χ4n) is 3.50. The lowest BCUT2D eigenvalue weighted by atomic mass is 10.2. The van der Waals surface area contributed by atoms with E-state index in [0.29, 0.717) is 12.6 Å². The number of aryl methyl sites for hydroxylation is 1. The van der Waals surface area contributed by atoms with E-state index < -0.39 is 0 Å². The van der Waals surface area contributed by atoms with Crippen LogP contribution in [0.4, 0.5) is 4.79 Å². The van der Waals surface area contributed by atoms with Crippen molar-refractivity contribution in [1.82, 2.24) is 25.1 Å². The molecule has 1 atom stereocenters. The minimum atomic E-state index is -0.0393. The zero-order valence-electron chi connectivity index (χ0n) is 14.5. The molecule has 0 unspecified atom stereocenters. The number of rotatable bonds is 6. The monoisotopic (exact) mass is 335 g/mol. The molecule has 2 fully saturated rings. The molecule has 1 aromatic rings. The van der Waals surface area contributed by atoms with E-state index in [0.717, 1.165) is 51.3 Å². The van der Waals surface area contributed by atoms with Crippen LogP contribution in [0, 0.1) is 0 Å². The number of urea groups is 1. The van der Waals surface area contributed by atoms with Gasteiger partial charge in [-0.05, 0) is 19.3 Å². The Balaban J connectivity index is 1.34. The molecule has 24 heavy (non-hydrogen) atoms. The predicted molar refractivity (Wildman–Crippen MR) is 91.6 cm³/mol. The lowest BCUT2D eigenvalue weighted by Crippen LogP contribution is -2.45. The fourth-order valence-corrected chi connectivity index (χ4v) is 3.50. The van der Waals surface area contributed by atoms with Gasteiger partial charge in [-0.3, -0.25) is 4.90 Å². The maximum absolute atomic E-state index is 11.9. The molecule has 1 aromatic heterocycles. The number of nitrogens with one attached hydrogen (secondary N) is 2. The number of amides is 2. The molecule has 2 N–H and O–H groups in total. The van der Waals surface area contributed by atoms with Gasteiger partial charge in [-0.1, -0.05) is 12.8 Å². The van der Waals surface area contributed by atoms with Gasteiger partial charge >= 0.3 is 6.03 Å². The molecule has 0 spiro atoms. The second-order valence-corrected chi connectivity index (χ2v) is 6.85. The molecule has 134 valence electrons. The number of hydrogen-bond donors (Lipinski definition) is 2. The third kappa shape index (κ3) is 4.95. The molecule has 3 rings (SSSR count). The first-order valence-electron chi connectivity index (χ1n) is 9.05. The number of carbonyl (C=O) groups is 1. The van der Waals surface area contributed by atoms with Gasteiger partial charge in [0.1, 0.15) is 5.82 Å². The highest BCUT2D eigenvalue weighted by molar-refractivity contribution is 5.74. The van der Waals surface area contributed by atoms with Crippen molar-refractivity contribution in [2.45, 2.75) is 50.8 Å². The molecule has 7 nitrogen and oxygen atoms in total. The second-order valence-electron chi connectivity index (χ2n) is 6.85. The summed E-state index contributed by atoms with van der Waals surface area (Å²) in [5.41, 5.74) is 0. The SMILES string of the molecule is Cn1ccnc1CN1CCO[C@H](CCNC(=O)NC2CCCC2)C1. The van der Waals surface area contributed by atoms with E-state index >= 15 is 0 Å². The van der Waals surface area contributed by atoms with Gasteiger partial charge in [0.25, 0.3) is 0 Å². The van der Waals surface area contributed by atoms with Crippen molar-refractivity contribution in [2.75, 3.05) is 26.2 Å². The normalized spacial score (nSPS) is 22.6. The smallest absolute Gasteiger partial charge is 0.315 e. The number of morpholine rings is 1. The van der Waals surface area contributed by atoms with Crippen LogP contribution in [-0.2, 0) is 18.3 Å². The Morgan fingerprint density at radius 2 is 2.25 bits per heavy atom. The average Bonchev–Trinajstić information content (AvgIpc) is 3.20. The number of aromatic nitrogens is 2. The third-order valence-electron chi connectivity index (χ3n) is 4.95. The number of hydrogen-bond acceptors (Lipinski definition) is 4. The molecule has 7 heteroatoms. The Morgan fingerprint density at radius 3 is 3.00 bits per heavy atom. The van der Waals surface area contributed by atoms with E-state index in [4.69, 9.17) is 4.74 Å². The molecule has 0 aromatic carbocycles. The van der Waals surface area contributed by atoms with Gasteiger partial charge in [0.2, 0.25) is 0 Å². The Bertz CT molecular complexity index is 527. The van der Waals surface area contributed by atoms with Gasteiger partial charge in [0.05, 0.1) is 19.3 Å². The van der Waals surface area contributed by atoms with E-state index in [1.807, 2.05) is 19.4 Å². The summed E-state index contributed by atoms with van der Waals surface area (Å²) in [6.45, 7) is 4.06. The lowest BCUT2D eigenvalue weighted by Gasteiger charge is -2.32. The quantitative estimate of drug-likeness (QED) is 0.821. The molecule has 1 aliphatic carbocycles. The Kier molecular flexibility index (Phi) is 6.09. The molecule has 2 amide bonds. The highest BCUT2D eigenvalue weighted by atomic mass is 16.5. The Morgan fingerprint density at radius 1 is 1.42 bits per heavy atom. The van der Waals surface area contributed by atoms with Crippen molar-refractivity contribution in [2.24, 2.45) is 7.05 Å². The number of carbonyl (C=O) groups excluding carboxylic acids is 1. The topological polar surface area (TPSA) is 71.4 Å². The average molecular weight is 335 g/mol. The Hall–Kier alpha value is -1.60. The van der Waals surface area contributed by atoms with E-state index in [1.54, 1.807) is 0 Å². The maximum Gasteiger partial charge on any atom is 0.315 e. The number of ether oxygens (including phenoxy) is 1. The van der Waals surface area contributed by atoms with E-state index in [1.165, 1.54) is 12.8 Å². The van der Waals surface area contributed by atoms with E-state index in [9.17, 15) is 4.79 Å². The van der Waals surface area contributed by atoms with Crippen LogP contribution < -0.4 is 10.6 Å². The molecule has 2 aliphatic rings. The summed E-state index contributed by atoms with van der Waals surface area (Å²) in [6.07, 6.45) is 9.50. The summed E-state index contributed by atoms with van der Waals surface area (Å²) in [7, 11) is 2.02. The van der Waals surface area contributed by atoms with Crippen molar-refractivity contribution >= 4 is 6.03 Å². The molecule has 1 saturated carbocycles. The van der Waals surface area contributed by atoms with Gasteiger partial charge in [0.15, 0.2) is 0 Å². The zero-order chi connectivity index (χ0) is 16.8. The summed E-state index contributed by atoms with van der Waals surface area (Å²) in [6, 6.07) is 0.326. The summed E-state index contributed by atoms with van der Waals surface area (Å²) in [5, 5.41) is 6.01. The second kappa shape index (κ2) is 8.48. The molecule has 1 saturated heterocycles. The summed E-state index contributed by atoms with van der Waals surface area (Å²) in [4.78, 5) is 18.6. The Labute approximate surface area is 143 Å². The standard InChI is InChI=1S/C17H29N5O2/c1-21-9-8-18-16(21)13-22-10-11-24-15(12-22)6-7-19-17(23)20-14-4-2-3-5-14/h8-9,14-15H,2-7,10-13H2,1H3,(H2,19,20,23)/t15-/m1/s1. The van der Waals surface area contributed by atoms with Crippen LogP contribution in [0.1, 0.15) is 37.9 Å². The van der Waals surface area contributed by atoms with Crippen molar-refractivity contribution in [1.29, 1.82) is 0 Å². The molecule has 1 aliphatic heterocycles. The van der Waals surface area contributed by atoms with Crippen molar-refractivity contribution in [3.63, 3.8) is 0 Å². The predicted octanol–water partition coefficient (Wildman–Crippen LogP) is 1.25. The summed E-state index contributed by atoms with van der Waals surface area (Å²) in [5.74, 6) is 1.07. The van der Waals surface area contributed by atoms with Crippen LogP contribution in [0.25, 0.3) is 0 Å². The highest BCUT2D eigenvalue weighted by Gasteiger charge is 2.22. The summed E-state index contributed by atoms with van der Waals surface area (Å²) >= 11 is 0. The van der Waals surface area contributed by atoms with Crippen LogP contribution >= 0.6 is 0 Å². The minimum Gasteiger partial charge on any atom is -0.375 e. The van der Waals surface area contributed by atoms with Crippen molar-refractivity contribution in [3.05, 3.63) is 18.2 Å². The largest absolute Gasteiger partial charge is 0.375 e. The van der Waals surface area contributed by atoms with Crippen molar-refractivity contribution < 1.29 is 9.53 Å². The lowest BCUT2D eigenvalue weighted by molar-refractivity contribution is -0.0350. The maximum atomic E-state index is 11.9. The first kappa shape index (κ1) is 17.2. The summed E-state index contributed by atoms with van der Waals surface area (Å²) < 4.78 is 7.89. The minimum absolute atomic E-state index is 0.0393. The molecule has 0 bridgehead atoms. The molecular formula is C17H29N5O2. The highest BCUT2D eigenvalue weighted by Crippen LogP contribution is 2.17. The molecule has 0 radical (unpaired) electrons. The van der Waals surface area contributed by atoms with Crippen LogP contribution in [0.2, 0.25) is 0 Å². The van der Waals surface area contributed by atoms with Crippen LogP contribution in [-0.4, -0.2) is 58.9 Å². The molecular weight excluding hydrogens is 306 g/mol. The van der Waals surface area contributed by atoms with Gasteiger partial charge < -0.3 is 19.9 Å². The first-order valence-corrected chi connectivity index (χ1v) is 9.05. The van der Waals surface area contributed by atoms with Gasteiger partial charge in [0, 0.05) is 45.1 Å². The molecule has 2 heterocycles. The van der Waals surface area contributed by atoms with Crippen LogP contribution in [0.5, 0.6) is 0 Å². The van der Waals surface area contributed by atoms with Crippen LogP contribution in [0.3, 0.4) is 0 Å². The van der Waals surface area contributed by atoms with Crippen molar-refractivity contribution in [3.8, 4) is 0 Å². The van der Waals surface area contributed by atoms with Gasteiger partial charge in [-0.25, -0.2) is 9.78 Å². The van der Waals surface area contributed by atoms with Gasteiger partial charge in [-0.2, -0.15) is 0 Å². The van der Waals surface area contributed by atoms with E-state index in [2.05, 4.69) is 25.1 Å². The zero-order valence-corrected chi connectivity index (χ0v) is 14.5. The number of nitrogens with zero attached hydrogens (tertiary/aromatic N) is 3. The third-order valence-corrected chi connectivity index (χ3v) is 4.95.